The first-order valence-electron chi connectivity index (χ1n) is 6.22. The lowest BCUT2D eigenvalue weighted by Crippen LogP contribution is -2.41. The number of aliphatic carboxylic acids is 1. The Morgan fingerprint density at radius 1 is 1.47 bits per heavy atom. The lowest BCUT2D eigenvalue weighted by molar-refractivity contribution is -0.141. The van der Waals surface area contributed by atoms with E-state index in [1.165, 1.54) is 6.42 Å². The number of rotatable bonds is 3. The molecule has 2 aliphatic rings. The molecule has 2 fully saturated rings. The van der Waals surface area contributed by atoms with Crippen LogP contribution in [0.5, 0.6) is 0 Å². The highest BCUT2D eigenvalue weighted by atomic mass is 16.4. The molecule has 0 aromatic heterocycles. The number of hydrogen-bond acceptors (Lipinski definition) is 2. The van der Waals surface area contributed by atoms with Crippen LogP contribution in [-0.4, -0.2) is 53.6 Å². The molecular weight excluding hydrogens is 220 g/mol. The third-order valence-electron chi connectivity index (χ3n) is 3.92. The summed E-state index contributed by atoms with van der Waals surface area (Å²) < 4.78 is 0. The average molecular weight is 240 g/mol. The number of amides is 2. The van der Waals surface area contributed by atoms with Gasteiger partial charge < -0.3 is 14.9 Å². The zero-order chi connectivity index (χ0) is 12.6. The van der Waals surface area contributed by atoms with Crippen molar-refractivity contribution >= 4 is 12.0 Å². The van der Waals surface area contributed by atoms with Crippen molar-refractivity contribution in [3.05, 3.63) is 0 Å². The lowest BCUT2D eigenvalue weighted by Gasteiger charge is -2.24. The summed E-state index contributed by atoms with van der Waals surface area (Å²) in [6.07, 6.45) is 1.78. The molecule has 1 saturated heterocycles. The van der Waals surface area contributed by atoms with Gasteiger partial charge in [-0.25, -0.2) is 4.79 Å². The first-order valence-corrected chi connectivity index (χ1v) is 6.22. The molecule has 0 spiro atoms. The van der Waals surface area contributed by atoms with Crippen LogP contribution in [0.1, 0.15) is 19.8 Å². The summed E-state index contributed by atoms with van der Waals surface area (Å²) >= 11 is 0. The maximum Gasteiger partial charge on any atom is 0.319 e. The third-order valence-corrected chi connectivity index (χ3v) is 3.92. The van der Waals surface area contributed by atoms with Crippen LogP contribution in [-0.2, 0) is 4.79 Å². The molecule has 17 heavy (non-hydrogen) atoms. The highest BCUT2D eigenvalue weighted by Gasteiger charge is 2.37. The van der Waals surface area contributed by atoms with Crippen LogP contribution in [0.15, 0.2) is 0 Å². The zero-order valence-electron chi connectivity index (χ0n) is 10.4. The number of carbonyl (C=O) groups is 2. The molecular formula is C12H20N2O3. The van der Waals surface area contributed by atoms with Crippen molar-refractivity contribution in [3.8, 4) is 0 Å². The maximum absolute atomic E-state index is 12.0. The first-order chi connectivity index (χ1) is 7.99. The molecule has 0 radical (unpaired) electrons. The molecule has 2 rings (SSSR count). The molecule has 1 N–H and O–H groups in total. The minimum Gasteiger partial charge on any atom is -0.481 e. The van der Waals surface area contributed by atoms with E-state index in [0.717, 1.165) is 12.5 Å². The topological polar surface area (TPSA) is 60.9 Å². The van der Waals surface area contributed by atoms with Gasteiger partial charge in [0.2, 0.25) is 0 Å². The van der Waals surface area contributed by atoms with Crippen molar-refractivity contribution in [2.75, 3.05) is 26.7 Å². The van der Waals surface area contributed by atoms with Crippen molar-refractivity contribution in [2.45, 2.75) is 19.8 Å². The number of carboxylic acids is 1. The van der Waals surface area contributed by atoms with Crippen molar-refractivity contribution in [1.82, 2.24) is 9.80 Å². The zero-order valence-corrected chi connectivity index (χ0v) is 10.4. The van der Waals surface area contributed by atoms with Gasteiger partial charge >= 0.3 is 12.0 Å². The van der Waals surface area contributed by atoms with E-state index in [0.29, 0.717) is 25.4 Å². The Labute approximate surface area is 101 Å². The Kier molecular flexibility index (Phi) is 3.26. The first kappa shape index (κ1) is 12.2. The molecule has 1 aliphatic carbocycles. The molecule has 5 heteroatoms. The molecule has 3 unspecified atom stereocenters. The molecule has 5 nitrogen and oxygen atoms in total. The largest absolute Gasteiger partial charge is 0.481 e. The smallest absolute Gasteiger partial charge is 0.319 e. The van der Waals surface area contributed by atoms with E-state index in [-0.39, 0.29) is 11.9 Å². The number of carbonyl (C=O) groups excluding carboxylic acids is 1. The van der Waals surface area contributed by atoms with Gasteiger partial charge in [-0.15, -0.1) is 0 Å². The second-order valence-electron chi connectivity index (χ2n) is 5.41. The van der Waals surface area contributed by atoms with Crippen LogP contribution in [0.25, 0.3) is 0 Å². The van der Waals surface area contributed by atoms with Crippen LogP contribution in [0, 0.1) is 17.8 Å². The Balaban J connectivity index is 1.81. The fraction of sp³-hybridized carbons (Fsp3) is 0.833. The summed E-state index contributed by atoms with van der Waals surface area (Å²) in [6, 6.07) is -0.0205. The summed E-state index contributed by atoms with van der Waals surface area (Å²) in [5.74, 6) is 0.198. The molecule has 1 aliphatic heterocycles. The van der Waals surface area contributed by atoms with E-state index in [9.17, 15) is 9.59 Å². The second kappa shape index (κ2) is 4.55. The van der Waals surface area contributed by atoms with Gasteiger partial charge in [0, 0.05) is 26.7 Å². The third kappa shape index (κ3) is 2.70. The van der Waals surface area contributed by atoms with Gasteiger partial charge in [0.05, 0.1) is 5.92 Å². The van der Waals surface area contributed by atoms with E-state index >= 15 is 0 Å². The molecule has 1 heterocycles. The number of likely N-dealkylation sites (tertiary alicyclic amines) is 1. The van der Waals surface area contributed by atoms with Crippen LogP contribution >= 0.6 is 0 Å². The SMILES string of the molecule is CC1CC1CN(C)C(=O)N1CCC(C(=O)O)C1. The Hall–Kier alpha value is -1.26. The number of nitrogens with zero attached hydrogens (tertiary/aromatic N) is 2. The second-order valence-corrected chi connectivity index (χ2v) is 5.41. The van der Waals surface area contributed by atoms with Gasteiger partial charge in [-0.3, -0.25) is 4.79 Å². The summed E-state index contributed by atoms with van der Waals surface area (Å²) in [6.45, 7) is 3.92. The molecule has 2 amide bonds. The summed E-state index contributed by atoms with van der Waals surface area (Å²) in [5, 5.41) is 8.89. The van der Waals surface area contributed by atoms with Crippen LogP contribution in [0.4, 0.5) is 4.79 Å². The van der Waals surface area contributed by atoms with Gasteiger partial charge in [-0.1, -0.05) is 6.92 Å². The van der Waals surface area contributed by atoms with E-state index in [4.69, 9.17) is 5.11 Å². The summed E-state index contributed by atoms with van der Waals surface area (Å²) in [7, 11) is 1.81. The number of carboxylic acid groups (broad SMARTS) is 1. The van der Waals surface area contributed by atoms with E-state index < -0.39 is 5.97 Å². The highest BCUT2D eigenvalue weighted by Crippen LogP contribution is 2.38. The van der Waals surface area contributed by atoms with Gasteiger partial charge in [0.25, 0.3) is 0 Å². The van der Waals surface area contributed by atoms with Gasteiger partial charge in [0.15, 0.2) is 0 Å². The highest BCUT2D eigenvalue weighted by molar-refractivity contribution is 5.77. The normalized spacial score (nSPS) is 31.4. The van der Waals surface area contributed by atoms with Crippen LogP contribution < -0.4 is 0 Å². The maximum atomic E-state index is 12.0. The van der Waals surface area contributed by atoms with Crippen LogP contribution in [0.2, 0.25) is 0 Å². The van der Waals surface area contributed by atoms with Crippen molar-refractivity contribution < 1.29 is 14.7 Å². The standard InChI is InChI=1S/C12H20N2O3/c1-8-5-10(8)6-13(2)12(17)14-4-3-9(7-14)11(15)16/h8-10H,3-7H2,1-2H3,(H,15,16). The molecule has 3 atom stereocenters. The summed E-state index contributed by atoms with van der Waals surface area (Å²) in [4.78, 5) is 26.3. The quantitative estimate of drug-likeness (QED) is 0.803. The minimum atomic E-state index is -0.793. The predicted molar refractivity (Wildman–Crippen MR) is 62.6 cm³/mol. The fourth-order valence-electron chi connectivity index (χ4n) is 2.46. The Morgan fingerprint density at radius 3 is 2.59 bits per heavy atom. The molecule has 1 saturated carbocycles. The molecule has 0 aromatic carbocycles. The number of hydrogen-bond donors (Lipinski definition) is 1. The lowest BCUT2D eigenvalue weighted by atomic mass is 10.1. The van der Waals surface area contributed by atoms with Crippen molar-refractivity contribution in [1.29, 1.82) is 0 Å². The minimum absolute atomic E-state index is 0.0205. The number of urea groups is 1. The monoisotopic (exact) mass is 240 g/mol. The van der Waals surface area contributed by atoms with E-state index in [1.54, 1.807) is 9.80 Å². The van der Waals surface area contributed by atoms with Gasteiger partial charge in [-0.2, -0.15) is 0 Å². The summed E-state index contributed by atoms with van der Waals surface area (Å²) in [5.41, 5.74) is 0. The van der Waals surface area contributed by atoms with E-state index in [2.05, 4.69) is 6.92 Å². The fourth-order valence-corrected chi connectivity index (χ4v) is 2.46. The molecule has 0 bridgehead atoms. The van der Waals surface area contributed by atoms with Gasteiger partial charge in [-0.05, 0) is 24.7 Å². The Bertz CT molecular complexity index is 332. The molecule has 0 aromatic rings. The average Bonchev–Trinajstić information content (AvgIpc) is 2.82. The van der Waals surface area contributed by atoms with Crippen molar-refractivity contribution in [2.24, 2.45) is 17.8 Å². The predicted octanol–water partition coefficient (Wildman–Crippen LogP) is 1.10. The van der Waals surface area contributed by atoms with E-state index in [1.807, 2.05) is 7.05 Å². The van der Waals surface area contributed by atoms with Crippen molar-refractivity contribution in [3.63, 3.8) is 0 Å². The van der Waals surface area contributed by atoms with Gasteiger partial charge in [0.1, 0.15) is 0 Å². The Morgan fingerprint density at radius 2 is 2.12 bits per heavy atom. The molecule has 96 valence electrons. The van der Waals surface area contributed by atoms with Crippen LogP contribution in [0.3, 0.4) is 0 Å².